The summed E-state index contributed by atoms with van der Waals surface area (Å²) in [5.41, 5.74) is 9.54. The van der Waals surface area contributed by atoms with Crippen molar-refractivity contribution in [2.75, 3.05) is 0 Å². The molecule has 0 aliphatic carbocycles. The maximum Gasteiger partial charge on any atom is 0.673 e. The van der Waals surface area contributed by atoms with Gasteiger partial charge in [0.05, 0.1) is 11.2 Å². The minimum atomic E-state index is -6.00. The van der Waals surface area contributed by atoms with Crippen molar-refractivity contribution in [3.8, 4) is 0 Å². The third-order valence-electron chi connectivity index (χ3n) is 2.03. The lowest BCUT2D eigenvalue weighted by molar-refractivity contribution is -0.651. The number of nitrogens with zero attached hydrogens (tertiary/aromatic N) is 4. The van der Waals surface area contributed by atoms with Gasteiger partial charge >= 0.3 is 7.25 Å². The number of fused-ring (bicyclic) bond motifs is 1. The van der Waals surface area contributed by atoms with Crippen LogP contribution in [0.4, 0.5) is 22.4 Å². The van der Waals surface area contributed by atoms with Gasteiger partial charge in [-0.25, -0.2) is 4.57 Å². The molecule has 0 radical (unpaired) electrons. The first kappa shape index (κ1) is 15.3. The Morgan fingerprint density at radius 2 is 1.89 bits per heavy atom. The Morgan fingerprint density at radius 3 is 2.42 bits per heavy atom. The second-order valence-corrected chi connectivity index (χ2v) is 4.29. The lowest BCUT2D eigenvalue weighted by Crippen LogP contribution is -2.30. The van der Waals surface area contributed by atoms with Gasteiger partial charge < -0.3 is 17.3 Å². The molecule has 0 amide bonds. The second-order valence-electron chi connectivity index (χ2n) is 3.28. The van der Waals surface area contributed by atoms with Gasteiger partial charge in [-0.2, -0.15) is 0 Å². The van der Waals surface area contributed by atoms with Gasteiger partial charge in [-0.3, -0.25) is 0 Å². The van der Waals surface area contributed by atoms with Crippen LogP contribution in [0.2, 0.25) is 0 Å². The predicted molar refractivity (Wildman–Crippen MR) is 66.7 cm³/mol. The highest BCUT2D eigenvalue weighted by Gasteiger charge is 2.20. The molecule has 0 atom stereocenters. The van der Waals surface area contributed by atoms with Gasteiger partial charge in [0.15, 0.2) is 0 Å². The highest BCUT2D eigenvalue weighted by molar-refractivity contribution is 7.21. The van der Waals surface area contributed by atoms with Crippen molar-refractivity contribution >= 4 is 33.9 Å². The number of aromatic nitrogens is 1. The SMILES string of the molecule is CC[n+]1c(N=[N+]=[N-])sc2ccccc21.F[B-](F)(F)F. The summed E-state index contributed by atoms with van der Waals surface area (Å²) in [6.07, 6.45) is 0. The molecule has 4 nitrogen and oxygen atoms in total. The van der Waals surface area contributed by atoms with Crippen LogP contribution in [-0.2, 0) is 6.54 Å². The van der Waals surface area contributed by atoms with Crippen LogP contribution < -0.4 is 4.57 Å². The standard InChI is InChI=1S/C9H9N4S.BF4/c1-2-13-7-5-3-4-6-8(7)14-9(13)11-12-10;2-1(3,4)5/h3-6H,2H2,1H3;/q+1;-1. The molecule has 0 aliphatic heterocycles. The summed E-state index contributed by atoms with van der Waals surface area (Å²) in [5, 5.41) is 4.40. The summed E-state index contributed by atoms with van der Waals surface area (Å²) in [6, 6.07) is 8.04. The molecule has 0 saturated carbocycles. The van der Waals surface area contributed by atoms with Crippen LogP contribution in [0, 0.1) is 0 Å². The van der Waals surface area contributed by atoms with Crippen LogP contribution >= 0.6 is 11.3 Å². The second kappa shape index (κ2) is 6.39. The van der Waals surface area contributed by atoms with Crippen molar-refractivity contribution < 1.29 is 21.8 Å². The molecule has 2 aromatic rings. The molecule has 0 fully saturated rings. The van der Waals surface area contributed by atoms with Gasteiger partial charge in [0, 0.05) is 4.91 Å². The smallest absolute Gasteiger partial charge is 0.418 e. The number of rotatable bonds is 2. The zero-order valence-electron chi connectivity index (χ0n) is 9.80. The third kappa shape index (κ3) is 4.76. The van der Waals surface area contributed by atoms with E-state index >= 15 is 0 Å². The quantitative estimate of drug-likeness (QED) is 0.196. The Morgan fingerprint density at radius 1 is 1.32 bits per heavy atom. The fourth-order valence-electron chi connectivity index (χ4n) is 1.44. The van der Waals surface area contributed by atoms with Crippen molar-refractivity contribution in [2.24, 2.45) is 5.11 Å². The molecule has 1 aromatic heterocycles. The molecular formula is C9H9BF4N4S. The van der Waals surface area contributed by atoms with E-state index in [9.17, 15) is 17.3 Å². The Bertz CT molecular complexity index is 600. The molecule has 0 saturated heterocycles. The topological polar surface area (TPSA) is 52.6 Å². The van der Waals surface area contributed by atoms with Crippen molar-refractivity contribution in [3.05, 3.63) is 34.7 Å². The summed E-state index contributed by atoms with van der Waals surface area (Å²) in [5.74, 6) is 0. The lowest BCUT2D eigenvalue weighted by Gasteiger charge is -1.94. The molecule has 19 heavy (non-hydrogen) atoms. The van der Waals surface area contributed by atoms with Gasteiger partial charge in [-0.1, -0.05) is 23.5 Å². The summed E-state index contributed by atoms with van der Waals surface area (Å²) >= 11 is 1.52. The molecule has 1 heterocycles. The number of benzene rings is 1. The highest BCUT2D eigenvalue weighted by atomic mass is 32.1. The van der Waals surface area contributed by atoms with E-state index in [0.717, 1.165) is 21.9 Å². The molecule has 0 unspecified atom stereocenters. The predicted octanol–water partition coefficient (Wildman–Crippen LogP) is 4.45. The van der Waals surface area contributed by atoms with Crippen LogP contribution in [-0.4, -0.2) is 7.25 Å². The normalized spacial score (nSPS) is 10.6. The van der Waals surface area contributed by atoms with E-state index in [2.05, 4.69) is 10.0 Å². The molecule has 0 aliphatic rings. The van der Waals surface area contributed by atoms with Gasteiger partial charge in [-0.15, -0.1) is 0 Å². The van der Waals surface area contributed by atoms with Crippen LogP contribution in [0.5, 0.6) is 0 Å². The van der Waals surface area contributed by atoms with E-state index in [0.29, 0.717) is 0 Å². The van der Waals surface area contributed by atoms with Crippen molar-refractivity contribution in [1.29, 1.82) is 0 Å². The van der Waals surface area contributed by atoms with Gasteiger partial charge in [-0.05, 0) is 29.7 Å². The van der Waals surface area contributed by atoms with E-state index in [1.165, 1.54) is 11.3 Å². The fraction of sp³-hybridized carbons (Fsp3) is 0.222. The largest absolute Gasteiger partial charge is 0.673 e. The van der Waals surface area contributed by atoms with Gasteiger partial charge in [0.25, 0.3) is 0 Å². The molecule has 0 N–H and O–H groups in total. The molecular weight excluding hydrogens is 283 g/mol. The molecule has 0 bridgehead atoms. The first-order chi connectivity index (χ1) is 8.86. The maximum atomic E-state index is 9.75. The number of hydrogen-bond donors (Lipinski definition) is 0. The first-order valence-electron chi connectivity index (χ1n) is 5.20. The number of para-hydroxylation sites is 1. The Labute approximate surface area is 110 Å². The van der Waals surface area contributed by atoms with E-state index in [1.54, 1.807) is 0 Å². The number of azide groups is 1. The number of hydrogen-bond acceptors (Lipinski definition) is 2. The average molecular weight is 292 g/mol. The van der Waals surface area contributed by atoms with E-state index in [4.69, 9.17) is 5.53 Å². The minimum Gasteiger partial charge on any atom is -0.418 e. The lowest BCUT2D eigenvalue weighted by atomic mass is 10.3. The third-order valence-corrected chi connectivity index (χ3v) is 3.08. The Hall–Kier alpha value is -1.80. The van der Waals surface area contributed by atoms with E-state index < -0.39 is 7.25 Å². The maximum absolute atomic E-state index is 9.75. The highest BCUT2D eigenvalue weighted by Crippen LogP contribution is 2.25. The van der Waals surface area contributed by atoms with Crippen LogP contribution in [0.25, 0.3) is 20.7 Å². The van der Waals surface area contributed by atoms with E-state index in [1.807, 2.05) is 35.8 Å². The number of halogens is 4. The molecule has 102 valence electrons. The molecule has 2 rings (SSSR count). The number of aryl methyl sites for hydroxylation is 1. The van der Waals surface area contributed by atoms with Crippen LogP contribution in [0.1, 0.15) is 6.92 Å². The molecule has 0 spiro atoms. The molecule has 1 aromatic carbocycles. The Kier molecular flexibility index (Phi) is 5.14. The summed E-state index contributed by atoms with van der Waals surface area (Å²) in [6.45, 7) is 2.86. The molecule has 10 heteroatoms. The van der Waals surface area contributed by atoms with Gasteiger partial charge in [0.1, 0.15) is 5.52 Å². The monoisotopic (exact) mass is 292 g/mol. The average Bonchev–Trinajstić information content (AvgIpc) is 2.64. The summed E-state index contributed by atoms with van der Waals surface area (Å²) in [7, 11) is -6.00. The number of thiazole rings is 1. The van der Waals surface area contributed by atoms with Crippen LogP contribution in [0.3, 0.4) is 0 Å². The Balaban J connectivity index is 0.000000312. The first-order valence-corrected chi connectivity index (χ1v) is 6.02. The van der Waals surface area contributed by atoms with Crippen molar-refractivity contribution in [3.63, 3.8) is 0 Å². The van der Waals surface area contributed by atoms with E-state index in [-0.39, 0.29) is 0 Å². The summed E-state index contributed by atoms with van der Waals surface area (Å²) < 4.78 is 42.2. The fourth-order valence-corrected chi connectivity index (χ4v) is 2.48. The van der Waals surface area contributed by atoms with Crippen molar-refractivity contribution in [1.82, 2.24) is 0 Å². The summed E-state index contributed by atoms with van der Waals surface area (Å²) in [4.78, 5) is 2.82. The van der Waals surface area contributed by atoms with Crippen molar-refractivity contribution in [2.45, 2.75) is 13.5 Å². The zero-order valence-corrected chi connectivity index (χ0v) is 10.6. The van der Waals surface area contributed by atoms with Gasteiger partial charge in [0.2, 0.25) is 5.13 Å². The zero-order chi connectivity index (χ0) is 14.5. The minimum absolute atomic E-state index is 0.719. The van der Waals surface area contributed by atoms with Crippen LogP contribution in [0.15, 0.2) is 29.4 Å².